The third-order valence-corrected chi connectivity index (χ3v) is 2.21. The summed E-state index contributed by atoms with van der Waals surface area (Å²) >= 11 is 1.20. The quantitative estimate of drug-likeness (QED) is 0.409. The molecule has 0 spiro atoms. The van der Waals surface area contributed by atoms with Gasteiger partial charge in [0.1, 0.15) is 0 Å². The minimum absolute atomic E-state index is 0.0873. The Morgan fingerprint density at radius 1 is 1.88 bits per heavy atom. The molecule has 2 radical (unpaired) electrons. The van der Waals surface area contributed by atoms with Crippen LogP contribution in [0.5, 0.6) is 0 Å². The normalized spacial score (nSPS) is 28.4. The average Bonchev–Trinajstić information content (AvgIpc) is 1.85. The molecule has 1 heterocycles. The van der Waals surface area contributed by atoms with Crippen molar-refractivity contribution in [2.45, 2.75) is 19.4 Å². The van der Waals surface area contributed by atoms with Gasteiger partial charge in [-0.15, -0.1) is 0 Å². The molecule has 1 aliphatic heterocycles. The van der Waals surface area contributed by atoms with Gasteiger partial charge in [-0.3, -0.25) is 0 Å². The van der Waals surface area contributed by atoms with Gasteiger partial charge >= 0.3 is 60.5 Å². The first-order valence-electron chi connectivity index (χ1n) is 2.48. The molecule has 0 aliphatic carbocycles. The van der Waals surface area contributed by atoms with E-state index in [4.69, 9.17) is 4.74 Å². The number of ether oxygens (including phenoxy) is 1. The average molecular weight is 217 g/mol. The van der Waals surface area contributed by atoms with Gasteiger partial charge < -0.3 is 0 Å². The van der Waals surface area contributed by atoms with Crippen molar-refractivity contribution in [1.82, 2.24) is 0 Å². The van der Waals surface area contributed by atoms with Gasteiger partial charge in [-0.1, -0.05) is 0 Å². The molecule has 0 amide bonds. The van der Waals surface area contributed by atoms with Crippen molar-refractivity contribution >= 4 is 31.5 Å². The van der Waals surface area contributed by atoms with E-state index in [0.717, 1.165) is 9.94 Å². The molecular formula is C5H6O2Sn. The summed E-state index contributed by atoms with van der Waals surface area (Å²) in [6, 6.07) is 0. The maximum absolute atomic E-state index is 10.5. The Morgan fingerprint density at radius 3 is 2.62 bits per heavy atom. The molecule has 0 aromatic carbocycles. The van der Waals surface area contributed by atoms with E-state index in [0.29, 0.717) is 0 Å². The monoisotopic (exact) mass is 218 g/mol. The summed E-state index contributed by atoms with van der Waals surface area (Å²) in [5, 5.41) is 0. The third kappa shape index (κ3) is 1.10. The van der Waals surface area contributed by atoms with Gasteiger partial charge in [-0.2, -0.15) is 0 Å². The van der Waals surface area contributed by atoms with E-state index in [1.807, 2.05) is 6.92 Å². The molecule has 42 valence electrons. The Morgan fingerprint density at radius 2 is 2.50 bits per heavy atom. The fraction of sp³-hybridized carbons (Fsp3) is 0.600. The van der Waals surface area contributed by atoms with E-state index >= 15 is 0 Å². The van der Waals surface area contributed by atoms with E-state index in [2.05, 4.69) is 0 Å². The molecule has 1 unspecified atom stereocenters. The van der Waals surface area contributed by atoms with Gasteiger partial charge in [0.25, 0.3) is 0 Å². The zero-order valence-corrected chi connectivity index (χ0v) is 7.46. The predicted molar refractivity (Wildman–Crippen MR) is 30.9 cm³/mol. The molecule has 3 heteroatoms. The molecule has 1 fully saturated rings. The molecule has 1 saturated heterocycles. The number of hydrogen-bond acceptors (Lipinski definition) is 2. The van der Waals surface area contributed by atoms with Crippen LogP contribution in [0, 0.1) is 0 Å². The molecular weight excluding hydrogens is 211 g/mol. The molecule has 0 N–H and O–H groups in total. The van der Waals surface area contributed by atoms with Crippen LogP contribution in [0.15, 0.2) is 0 Å². The Labute approximate surface area is 60.8 Å². The number of esters is 1. The van der Waals surface area contributed by atoms with E-state index < -0.39 is 0 Å². The summed E-state index contributed by atoms with van der Waals surface area (Å²) in [4.78, 5) is 10.5. The van der Waals surface area contributed by atoms with Crippen LogP contribution < -0.4 is 0 Å². The second-order valence-corrected chi connectivity index (χ2v) is 3.62. The standard InChI is InChI=1S/C5H6O2.Sn/c1-4-2-3-5(6)7-4;/h4H,2H2,1H3;. The van der Waals surface area contributed by atoms with Crippen LogP contribution in [0.4, 0.5) is 0 Å². The Balaban J connectivity index is 2.64. The molecule has 0 aromatic rings. The van der Waals surface area contributed by atoms with Crippen LogP contribution >= 0.6 is 0 Å². The number of carbonyl (C=O) groups excluding carboxylic acids is 1. The van der Waals surface area contributed by atoms with Gasteiger partial charge in [0.05, 0.1) is 0 Å². The van der Waals surface area contributed by atoms with Crippen molar-refractivity contribution in [3.8, 4) is 0 Å². The second kappa shape index (κ2) is 2.17. The zero-order valence-electron chi connectivity index (χ0n) is 4.60. The van der Waals surface area contributed by atoms with Crippen molar-refractivity contribution in [3.05, 3.63) is 0 Å². The molecule has 1 aliphatic rings. The van der Waals surface area contributed by atoms with Crippen molar-refractivity contribution in [3.63, 3.8) is 0 Å². The summed E-state index contributed by atoms with van der Waals surface area (Å²) in [5.74, 6) is -0.0873. The summed E-state index contributed by atoms with van der Waals surface area (Å²) in [6.07, 6.45) is 0.980. The van der Waals surface area contributed by atoms with Crippen LogP contribution in [-0.4, -0.2) is 37.6 Å². The summed E-state index contributed by atoms with van der Waals surface area (Å²) < 4.78 is 5.75. The van der Waals surface area contributed by atoms with Crippen molar-refractivity contribution in [2.24, 2.45) is 0 Å². The van der Waals surface area contributed by atoms with Crippen molar-refractivity contribution in [1.29, 1.82) is 0 Å². The number of hydrogen-bond donors (Lipinski definition) is 0. The maximum atomic E-state index is 10.5. The van der Waals surface area contributed by atoms with Crippen LogP contribution in [0.2, 0.25) is 0 Å². The Hall–Kier alpha value is 0.139. The topological polar surface area (TPSA) is 26.3 Å². The molecule has 2 nitrogen and oxygen atoms in total. The van der Waals surface area contributed by atoms with Gasteiger partial charge in [0, 0.05) is 0 Å². The van der Waals surface area contributed by atoms with E-state index in [9.17, 15) is 4.79 Å². The van der Waals surface area contributed by atoms with Crippen LogP contribution in [0.3, 0.4) is 0 Å². The van der Waals surface area contributed by atoms with Gasteiger partial charge in [0.15, 0.2) is 0 Å². The van der Waals surface area contributed by atoms with Gasteiger partial charge in [0.2, 0.25) is 0 Å². The van der Waals surface area contributed by atoms with E-state index in [1.54, 1.807) is 0 Å². The first-order chi connectivity index (χ1) is 3.70. The second-order valence-electron chi connectivity index (χ2n) is 1.90. The number of rotatable bonds is 0. The Bertz CT molecular complexity index is 125. The fourth-order valence-corrected chi connectivity index (χ4v) is 1.65. The fourth-order valence-electron chi connectivity index (χ4n) is 0.666. The van der Waals surface area contributed by atoms with Crippen molar-refractivity contribution in [2.75, 3.05) is 0 Å². The van der Waals surface area contributed by atoms with Crippen LogP contribution in [0.25, 0.3) is 0 Å². The van der Waals surface area contributed by atoms with E-state index in [1.165, 1.54) is 22.1 Å². The van der Waals surface area contributed by atoms with Gasteiger partial charge in [-0.05, 0) is 0 Å². The zero-order chi connectivity index (χ0) is 6.15. The minimum atomic E-state index is -0.0873. The SMILES string of the molecule is CC1C[C](=[Sn])C(=O)O1. The predicted octanol–water partition coefficient (Wildman–Crippen LogP) is -0.337. The first-order valence-corrected chi connectivity index (χ1v) is 3.91. The summed E-state index contributed by atoms with van der Waals surface area (Å²) in [6.45, 7) is 1.91. The van der Waals surface area contributed by atoms with Crippen molar-refractivity contribution < 1.29 is 9.53 Å². The molecule has 1 rings (SSSR count). The molecule has 8 heavy (non-hydrogen) atoms. The molecule has 0 aromatic heterocycles. The number of cyclic esters (lactones) is 1. The molecule has 0 saturated carbocycles. The third-order valence-electron chi connectivity index (χ3n) is 1.05. The van der Waals surface area contributed by atoms with Crippen LogP contribution in [0.1, 0.15) is 13.3 Å². The molecule has 1 atom stereocenters. The van der Waals surface area contributed by atoms with Gasteiger partial charge in [-0.25, -0.2) is 0 Å². The number of carbonyl (C=O) groups is 1. The summed E-state index contributed by atoms with van der Waals surface area (Å²) in [5.41, 5.74) is 0. The van der Waals surface area contributed by atoms with Crippen LogP contribution in [-0.2, 0) is 9.53 Å². The Kier molecular flexibility index (Phi) is 1.70. The first kappa shape index (κ1) is 6.26. The summed E-state index contributed by atoms with van der Waals surface area (Å²) in [7, 11) is 0. The molecule has 0 bridgehead atoms. The van der Waals surface area contributed by atoms with E-state index in [-0.39, 0.29) is 12.1 Å².